The van der Waals surface area contributed by atoms with E-state index in [-0.39, 0.29) is 11.4 Å². The highest BCUT2D eigenvalue weighted by molar-refractivity contribution is 6.34. The zero-order chi connectivity index (χ0) is 15.2. The molecule has 1 aliphatic heterocycles. The second-order valence-electron chi connectivity index (χ2n) is 4.85. The van der Waals surface area contributed by atoms with Gasteiger partial charge in [-0.1, -0.05) is 29.3 Å². The molecular formula is C15H9Cl3F2O. The van der Waals surface area contributed by atoms with Gasteiger partial charge in [-0.2, -0.15) is 0 Å². The average molecular weight is 350 g/mol. The fourth-order valence-corrected chi connectivity index (χ4v) is 3.34. The summed E-state index contributed by atoms with van der Waals surface area (Å²) in [5.41, 5.74) is -0.0928. The minimum atomic E-state index is -1.02. The standard InChI is InChI=1S/C15H9Cl3F2O/c16-7-15(12-2-1-11(19)6-13(12)20)14(21-15)8-3-9(17)5-10(18)4-8/h1-6,14H,7H2. The summed E-state index contributed by atoms with van der Waals surface area (Å²) in [6, 6.07) is 8.31. The van der Waals surface area contributed by atoms with E-state index in [0.717, 1.165) is 6.07 Å². The Bertz CT molecular complexity index is 687. The maximum Gasteiger partial charge on any atom is 0.141 e. The Morgan fingerprint density at radius 1 is 1.05 bits per heavy atom. The van der Waals surface area contributed by atoms with Crippen molar-refractivity contribution in [2.45, 2.75) is 11.7 Å². The van der Waals surface area contributed by atoms with Gasteiger partial charge in [-0.15, -0.1) is 11.6 Å². The molecule has 2 aromatic rings. The van der Waals surface area contributed by atoms with Crippen LogP contribution in [-0.2, 0) is 10.3 Å². The van der Waals surface area contributed by atoms with Crippen molar-refractivity contribution in [3.63, 3.8) is 0 Å². The van der Waals surface area contributed by atoms with Crippen LogP contribution in [0, 0.1) is 11.6 Å². The zero-order valence-corrected chi connectivity index (χ0v) is 12.8. The number of halogens is 5. The van der Waals surface area contributed by atoms with E-state index in [9.17, 15) is 8.78 Å². The van der Waals surface area contributed by atoms with Crippen LogP contribution in [-0.4, -0.2) is 5.88 Å². The van der Waals surface area contributed by atoms with Gasteiger partial charge in [-0.05, 0) is 29.8 Å². The third-order valence-corrected chi connectivity index (χ3v) is 4.30. The molecule has 1 fully saturated rings. The SMILES string of the molecule is Fc1ccc(C2(CCl)OC2c2cc(Cl)cc(Cl)c2)c(F)c1. The smallest absolute Gasteiger partial charge is 0.141 e. The van der Waals surface area contributed by atoms with Gasteiger partial charge in [0.25, 0.3) is 0 Å². The molecule has 2 unspecified atom stereocenters. The van der Waals surface area contributed by atoms with Crippen LogP contribution in [0.25, 0.3) is 0 Å². The van der Waals surface area contributed by atoms with Crippen LogP contribution in [0.1, 0.15) is 17.2 Å². The third kappa shape index (κ3) is 2.64. The highest BCUT2D eigenvalue weighted by atomic mass is 35.5. The van der Waals surface area contributed by atoms with Crippen LogP contribution < -0.4 is 0 Å². The van der Waals surface area contributed by atoms with E-state index in [0.29, 0.717) is 15.6 Å². The van der Waals surface area contributed by atoms with Crippen molar-refractivity contribution in [3.8, 4) is 0 Å². The fraction of sp³-hybridized carbons (Fsp3) is 0.200. The summed E-state index contributed by atoms with van der Waals surface area (Å²) in [4.78, 5) is 0. The molecule has 110 valence electrons. The Labute approximate surface area is 135 Å². The molecule has 21 heavy (non-hydrogen) atoms. The quantitative estimate of drug-likeness (QED) is 0.528. The van der Waals surface area contributed by atoms with Crippen LogP contribution >= 0.6 is 34.8 Å². The molecule has 0 saturated carbocycles. The molecule has 2 aromatic carbocycles. The predicted molar refractivity (Wildman–Crippen MR) is 79.0 cm³/mol. The summed E-state index contributed by atoms with van der Waals surface area (Å²) >= 11 is 17.9. The van der Waals surface area contributed by atoms with Gasteiger partial charge in [0.2, 0.25) is 0 Å². The van der Waals surface area contributed by atoms with Crippen LogP contribution in [0.4, 0.5) is 8.78 Å². The second kappa shape index (κ2) is 5.40. The lowest BCUT2D eigenvalue weighted by molar-refractivity contribution is 0.309. The van der Waals surface area contributed by atoms with Crippen molar-refractivity contribution < 1.29 is 13.5 Å². The van der Waals surface area contributed by atoms with Gasteiger partial charge >= 0.3 is 0 Å². The molecule has 0 spiro atoms. The first-order valence-electron chi connectivity index (χ1n) is 6.11. The number of alkyl halides is 1. The summed E-state index contributed by atoms with van der Waals surface area (Å²) in [5.74, 6) is -1.31. The van der Waals surface area contributed by atoms with Crippen molar-refractivity contribution >= 4 is 34.8 Å². The van der Waals surface area contributed by atoms with Crippen molar-refractivity contribution in [3.05, 3.63) is 69.2 Å². The van der Waals surface area contributed by atoms with E-state index < -0.39 is 23.3 Å². The molecule has 0 bridgehead atoms. The lowest BCUT2D eigenvalue weighted by Gasteiger charge is -2.11. The van der Waals surface area contributed by atoms with Crippen LogP contribution in [0.5, 0.6) is 0 Å². The Morgan fingerprint density at radius 2 is 1.71 bits per heavy atom. The molecular weight excluding hydrogens is 341 g/mol. The highest BCUT2D eigenvalue weighted by Gasteiger charge is 2.59. The molecule has 0 amide bonds. The Kier molecular flexibility index (Phi) is 3.87. The van der Waals surface area contributed by atoms with Crippen molar-refractivity contribution in [1.29, 1.82) is 0 Å². The molecule has 3 rings (SSSR count). The van der Waals surface area contributed by atoms with Gasteiger partial charge in [0, 0.05) is 21.7 Å². The zero-order valence-electron chi connectivity index (χ0n) is 10.5. The molecule has 6 heteroatoms. The van der Waals surface area contributed by atoms with Crippen LogP contribution in [0.3, 0.4) is 0 Å². The molecule has 1 nitrogen and oxygen atoms in total. The molecule has 0 radical (unpaired) electrons. The summed E-state index contributed by atoms with van der Waals surface area (Å²) in [7, 11) is 0. The molecule has 1 heterocycles. The molecule has 0 aromatic heterocycles. The third-order valence-electron chi connectivity index (χ3n) is 3.47. The first-order chi connectivity index (χ1) is 9.96. The fourth-order valence-electron chi connectivity index (χ4n) is 2.45. The van der Waals surface area contributed by atoms with E-state index >= 15 is 0 Å². The maximum absolute atomic E-state index is 14.0. The van der Waals surface area contributed by atoms with Crippen molar-refractivity contribution in [2.24, 2.45) is 0 Å². The van der Waals surface area contributed by atoms with Crippen LogP contribution in [0.2, 0.25) is 10.0 Å². The molecule has 0 aliphatic carbocycles. The number of benzene rings is 2. The van der Waals surface area contributed by atoms with E-state index in [1.165, 1.54) is 12.1 Å². The van der Waals surface area contributed by atoms with Gasteiger partial charge in [0.1, 0.15) is 23.3 Å². The average Bonchev–Trinajstić information content (AvgIpc) is 3.13. The Morgan fingerprint density at radius 3 is 2.29 bits per heavy atom. The summed E-state index contributed by atoms with van der Waals surface area (Å²) < 4.78 is 32.7. The van der Waals surface area contributed by atoms with Gasteiger partial charge in [0.15, 0.2) is 0 Å². The second-order valence-corrected chi connectivity index (χ2v) is 5.99. The largest absolute Gasteiger partial charge is 0.354 e. The maximum atomic E-state index is 14.0. The normalized spacial score (nSPS) is 24.1. The number of rotatable bonds is 3. The van der Waals surface area contributed by atoms with Gasteiger partial charge in [0.05, 0.1) is 5.88 Å². The van der Waals surface area contributed by atoms with Crippen LogP contribution in [0.15, 0.2) is 36.4 Å². The first kappa shape index (κ1) is 15.0. The Hall–Kier alpha value is -0.870. The number of hydrogen-bond acceptors (Lipinski definition) is 1. The predicted octanol–water partition coefficient (Wildman–Crippen LogP) is 5.48. The lowest BCUT2D eigenvalue weighted by atomic mass is 9.93. The first-order valence-corrected chi connectivity index (χ1v) is 7.40. The Balaban J connectivity index is 2.01. The van der Waals surface area contributed by atoms with Gasteiger partial charge in [-0.3, -0.25) is 0 Å². The summed E-state index contributed by atoms with van der Waals surface area (Å²) in [6.45, 7) is 0. The van der Waals surface area contributed by atoms with E-state index in [1.807, 2.05) is 0 Å². The van der Waals surface area contributed by atoms with Crippen molar-refractivity contribution in [2.75, 3.05) is 5.88 Å². The topological polar surface area (TPSA) is 12.5 Å². The lowest BCUT2D eigenvalue weighted by Crippen LogP contribution is -2.14. The summed E-state index contributed by atoms with van der Waals surface area (Å²) in [5, 5.41) is 0.909. The number of epoxide rings is 1. The molecule has 1 saturated heterocycles. The minimum absolute atomic E-state index is 0.0321. The highest BCUT2D eigenvalue weighted by Crippen LogP contribution is 2.58. The monoisotopic (exact) mass is 348 g/mol. The van der Waals surface area contributed by atoms with Crippen molar-refractivity contribution in [1.82, 2.24) is 0 Å². The van der Waals surface area contributed by atoms with E-state index in [1.54, 1.807) is 18.2 Å². The minimum Gasteiger partial charge on any atom is -0.354 e. The molecule has 2 atom stereocenters. The van der Waals surface area contributed by atoms with Gasteiger partial charge in [-0.25, -0.2) is 8.78 Å². The number of hydrogen-bond donors (Lipinski definition) is 0. The summed E-state index contributed by atoms with van der Waals surface area (Å²) in [6.07, 6.45) is -0.467. The molecule has 0 N–H and O–H groups in total. The molecule has 1 aliphatic rings. The van der Waals surface area contributed by atoms with Gasteiger partial charge < -0.3 is 4.74 Å². The van der Waals surface area contributed by atoms with E-state index in [2.05, 4.69) is 0 Å². The number of ether oxygens (including phenoxy) is 1. The van der Waals surface area contributed by atoms with E-state index in [4.69, 9.17) is 39.5 Å².